The van der Waals surface area contributed by atoms with Gasteiger partial charge in [-0.1, -0.05) is 17.7 Å². The van der Waals surface area contributed by atoms with Crippen LogP contribution in [-0.2, 0) is 9.53 Å². The molecule has 0 spiro atoms. The number of rotatable bonds is 7. The van der Waals surface area contributed by atoms with Gasteiger partial charge in [0.15, 0.2) is 6.10 Å². The molecule has 3 atom stereocenters. The number of carbonyl (C=O) groups is 1. The fraction of sp³-hybridized carbons (Fsp3) is 0.350. The molecule has 7 heteroatoms. The van der Waals surface area contributed by atoms with Crippen LogP contribution in [0.15, 0.2) is 36.4 Å². The average Bonchev–Trinajstić information content (AvgIpc) is 2.61. The molecular formula is C20H23ClFNO4. The number of ether oxygens (including phenoxy) is 3. The average molecular weight is 396 g/mol. The minimum atomic E-state index is -0.788. The fourth-order valence-electron chi connectivity index (χ4n) is 2.52. The monoisotopic (exact) mass is 395 g/mol. The highest BCUT2D eigenvalue weighted by atomic mass is 35.5. The van der Waals surface area contributed by atoms with Gasteiger partial charge in [0.05, 0.1) is 12.1 Å². The molecule has 0 aromatic heterocycles. The van der Waals surface area contributed by atoms with Crippen LogP contribution >= 0.6 is 11.6 Å². The maximum Gasteiger partial charge on any atom is 0.323 e. The van der Waals surface area contributed by atoms with Crippen molar-refractivity contribution in [3.8, 4) is 11.5 Å². The molecule has 0 saturated heterocycles. The number of carbonyl (C=O) groups excluding carboxylic acids is 1. The van der Waals surface area contributed by atoms with Gasteiger partial charge in [-0.15, -0.1) is 0 Å². The van der Waals surface area contributed by atoms with Gasteiger partial charge in [-0.25, -0.2) is 4.39 Å². The Morgan fingerprint density at radius 2 is 1.85 bits per heavy atom. The lowest BCUT2D eigenvalue weighted by molar-refractivity contribution is -0.154. The molecule has 146 valence electrons. The van der Waals surface area contributed by atoms with Gasteiger partial charge < -0.3 is 19.9 Å². The number of halogens is 2. The number of methoxy groups -OCH3 is 1. The van der Waals surface area contributed by atoms with Crippen LogP contribution in [0.3, 0.4) is 0 Å². The first-order chi connectivity index (χ1) is 12.7. The van der Waals surface area contributed by atoms with Gasteiger partial charge in [-0.3, -0.25) is 4.79 Å². The van der Waals surface area contributed by atoms with Gasteiger partial charge in [0.1, 0.15) is 29.5 Å². The third kappa shape index (κ3) is 5.34. The van der Waals surface area contributed by atoms with E-state index in [-0.39, 0.29) is 5.75 Å². The normalized spacial score (nSPS) is 14.2. The van der Waals surface area contributed by atoms with E-state index in [4.69, 9.17) is 31.5 Å². The van der Waals surface area contributed by atoms with Crippen LogP contribution in [0.5, 0.6) is 11.5 Å². The van der Waals surface area contributed by atoms with Gasteiger partial charge >= 0.3 is 5.97 Å². The second-order valence-electron chi connectivity index (χ2n) is 6.29. The molecule has 2 N–H and O–H groups in total. The van der Waals surface area contributed by atoms with Gasteiger partial charge in [-0.05, 0) is 50.6 Å². The van der Waals surface area contributed by atoms with E-state index in [9.17, 15) is 9.18 Å². The molecule has 2 aromatic rings. The predicted molar refractivity (Wildman–Crippen MR) is 102 cm³/mol. The van der Waals surface area contributed by atoms with E-state index in [1.165, 1.54) is 32.2 Å². The Kier molecular flexibility index (Phi) is 7.05. The van der Waals surface area contributed by atoms with Crippen molar-refractivity contribution in [3.63, 3.8) is 0 Å². The van der Waals surface area contributed by atoms with E-state index in [0.29, 0.717) is 16.3 Å². The lowest BCUT2D eigenvalue weighted by Crippen LogP contribution is -2.35. The van der Waals surface area contributed by atoms with Crippen molar-refractivity contribution in [3.05, 3.63) is 58.4 Å². The highest BCUT2D eigenvalue weighted by Gasteiger charge is 2.29. The zero-order chi connectivity index (χ0) is 20.1. The number of nitrogens with two attached hydrogens (primary N) is 1. The van der Waals surface area contributed by atoms with E-state index in [1.54, 1.807) is 19.1 Å². The summed E-state index contributed by atoms with van der Waals surface area (Å²) in [6.45, 7) is 5.10. The number of aryl methyl sites for hydroxylation is 1. The molecule has 0 aliphatic rings. The summed E-state index contributed by atoms with van der Waals surface area (Å²) in [5.41, 5.74) is 7.07. The summed E-state index contributed by atoms with van der Waals surface area (Å²) in [6.07, 6.45) is -1.52. The molecule has 2 rings (SSSR count). The van der Waals surface area contributed by atoms with Crippen LogP contribution in [-0.4, -0.2) is 25.2 Å². The van der Waals surface area contributed by atoms with Crippen LogP contribution < -0.4 is 15.2 Å². The first kappa shape index (κ1) is 21.0. The first-order valence-electron chi connectivity index (χ1n) is 8.45. The summed E-state index contributed by atoms with van der Waals surface area (Å²) < 4.78 is 30.4. The fourth-order valence-corrected chi connectivity index (χ4v) is 2.80. The van der Waals surface area contributed by atoms with Crippen molar-refractivity contribution in [2.45, 2.75) is 39.0 Å². The molecular weight excluding hydrogens is 373 g/mol. The van der Waals surface area contributed by atoms with Crippen molar-refractivity contribution in [1.29, 1.82) is 0 Å². The Labute approximate surface area is 163 Å². The van der Waals surface area contributed by atoms with Crippen LogP contribution in [0.25, 0.3) is 0 Å². The van der Waals surface area contributed by atoms with Gasteiger partial charge in [-0.2, -0.15) is 0 Å². The summed E-state index contributed by atoms with van der Waals surface area (Å²) >= 11 is 6.28. The molecule has 5 nitrogen and oxygen atoms in total. The van der Waals surface area contributed by atoms with Crippen molar-refractivity contribution in [2.75, 3.05) is 7.11 Å². The molecule has 0 aliphatic heterocycles. The minimum absolute atomic E-state index is 0.270. The minimum Gasteiger partial charge on any atom is -0.496 e. The summed E-state index contributed by atoms with van der Waals surface area (Å²) in [5.74, 6) is -0.357. The Balaban J connectivity index is 2.43. The van der Waals surface area contributed by atoms with Gasteiger partial charge in [0.25, 0.3) is 0 Å². The maximum absolute atomic E-state index is 13.6. The molecule has 0 heterocycles. The van der Waals surface area contributed by atoms with Crippen molar-refractivity contribution in [2.24, 2.45) is 5.73 Å². The molecule has 27 heavy (non-hydrogen) atoms. The number of benzene rings is 2. The Hall–Kier alpha value is -2.31. The molecule has 0 saturated carbocycles. The molecule has 0 amide bonds. The lowest BCUT2D eigenvalue weighted by atomic mass is 10.0. The second kappa shape index (κ2) is 9.06. The maximum atomic E-state index is 13.6. The van der Waals surface area contributed by atoms with E-state index < -0.39 is 30.0 Å². The van der Waals surface area contributed by atoms with Crippen LogP contribution in [0, 0.1) is 12.7 Å². The Bertz CT molecular complexity index is 813. The zero-order valence-electron chi connectivity index (χ0n) is 15.7. The smallest absolute Gasteiger partial charge is 0.323 e. The summed E-state index contributed by atoms with van der Waals surface area (Å²) in [5, 5.41) is 0.409. The largest absolute Gasteiger partial charge is 0.496 e. The number of hydrogen-bond acceptors (Lipinski definition) is 5. The van der Waals surface area contributed by atoms with E-state index in [2.05, 4.69) is 0 Å². The quantitative estimate of drug-likeness (QED) is 0.711. The summed E-state index contributed by atoms with van der Waals surface area (Å²) in [6, 6.07) is 8.59. The molecule has 0 radical (unpaired) electrons. The molecule has 0 unspecified atom stereocenters. The Morgan fingerprint density at radius 3 is 2.44 bits per heavy atom. The van der Waals surface area contributed by atoms with Crippen LogP contribution in [0.1, 0.15) is 31.1 Å². The van der Waals surface area contributed by atoms with Gasteiger partial charge in [0, 0.05) is 11.6 Å². The van der Waals surface area contributed by atoms with Crippen LogP contribution in [0.4, 0.5) is 4.39 Å². The molecule has 0 aliphatic carbocycles. The van der Waals surface area contributed by atoms with E-state index >= 15 is 0 Å². The number of esters is 1. The zero-order valence-corrected chi connectivity index (χ0v) is 16.4. The van der Waals surface area contributed by atoms with Crippen molar-refractivity contribution < 1.29 is 23.4 Å². The number of hydrogen-bond donors (Lipinski definition) is 1. The molecule has 0 fully saturated rings. The Morgan fingerprint density at radius 1 is 1.15 bits per heavy atom. The standard InChI is InChI=1S/C20H23ClFNO4/c1-11-5-8-17(16(21)9-11)27-19(13(3)26-20(24)12(2)23)15-7-6-14(22)10-18(15)25-4/h5-10,12-13,19H,23H2,1-4H3/t12-,13-,19-/m0/s1. The topological polar surface area (TPSA) is 70.8 Å². The third-order valence-electron chi connectivity index (χ3n) is 3.94. The third-order valence-corrected chi connectivity index (χ3v) is 4.24. The van der Waals surface area contributed by atoms with Gasteiger partial charge in [0.2, 0.25) is 0 Å². The first-order valence-corrected chi connectivity index (χ1v) is 8.83. The second-order valence-corrected chi connectivity index (χ2v) is 6.70. The lowest BCUT2D eigenvalue weighted by Gasteiger charge is -2.27. The molecule has 0 bridgehead atoms. The summed E-state index contributed by atoms with van der Waals surface area (Å²) in [7, 11) is 1.42. The highest BCUT2D eigenvalue weighted by molar-refractivity contribution is 6.32. The summed E-state index contributed by atoms with van der Waals surface area (Å²) in [4.78, 5) is 11.9. The van der Waals surface area contributed by atoms with E-state index in [0.717, 1.165) is 5.56 Å². The highest BCUT2D eigenvalue weighted by Crippen LogP contribution is 2.36. The van der Waals surface area contributed by atoms with Crippen molar-refractivity contribution >= 4 is 17.6 Å². The SMILES string of the molecule is COc1cc(F)ccc1[C@@H](Oc1ccc(C)cc1Cl)[C@H](C)OC(=O)[C@H](C)N. The van der Waals surface area contributed by atoms with Crippen LogP contribution in [0.2, 0.25) is 5.02 Å². The van der Waals surface area contributed by atoms with E-state index in [1.807, 2.05) is 13.0 Å². The van der Waals surface area contributed by atoms with Crippen molar-refractivity contribution in [1.82, 2.24) is 0 Å². The predicted octanol–water partition coefficient (Wildman–Crippen LogP) is 4.20. The molecule has 2 aromatic carbocycles.